The summed E-state index contributed by atoms with van der Waals surface area (Å²) < 4.78 is 10.6. The number of rotatable bonds is 34. The van der Waals surface area contributed by atoms with Crippen LogP contribution in [-0.4, -0.2) is 47.6 Å². The lowest BCUT2D eigenvalue weighted by molar-refractivity contribution is -0.161. The SMILES string of the molecule is CCCCCCCC/C=C\CCCCCCCC(=O)OC(CO)COC(=O)CCCCCCC/C=C\C[C@H](O)CCCCCC. The highest BCUT2D eigenvalue weighted by Gasteiger charge is 2.16. The lowest BCUT2D eigenvalue weighted by Crippen LogP contribution is -2.28. The average molecular weight is 637 g/mol. The third-order valence-corrected chi connectivity index (χ3v) is 8.29. The Bertz CT molecular complexity index is 704. The first-order valence-corrected chi connectivity index (χ1v) is 19.0. The molecule has 0 saturated carbocycles. The summed E-state index contributed by atoms with van der Waals surface area (Å²) in [6.45, 7) is 4.01. The lowest BCUT2D eigenvalue weighted by Gasteiger charge is -2.15. The molecule has 6 nitrogen and oxygen atoms in total. The maximum atomic E-state index is 12.1. The van der Waals surface area contributed by atoms with Gasteiger partial charge in [0.1, 0.15) is 6.61 Å². The molecule has 1 unspecified atom stereocenters. The van der Waals surface area contributed by atoms with Crippen molar-refractivity contribution in [2.45, 2.75) is 199 Å². The molecule has 6 heteroatoms. The summed E-state index contributed by atoms with van der Waals surface area (Å²) in [5.74, 6) is -0.644. The Labute approximate surface area is 277 Å². The monoisotopic (exact) mass is 637 g/mol. The van der Waals surface area contributed by atoms with Crippen LogP contribution in [0.2, 0.25) is 0 Å². The Morgan fingerprint density at radius 3 is 1.56 bits per heavy atom. The van der Waals surface area contributed by atoms with Crippen molar-refractivity contribution in [2.24, 2.45) is 0 Å². The normalized spacial score (nSPS) is 13.1. The zero-order valence-electron chi connectivity index (χ0n) is 29.5. The standard InChI is InChI=1S/C39H72O6/c1-3-5-7-9-10-11-12-13-14-15-16-17-22-25-29-33-39(43)45-37(34-40)35-44-38(42)32-28-24-21-19-18-20-23-27-31-36(41)30-26-8-6-4-2/h13-14,23,27,36-37,40-41H,3-12,15-22,24-26,28-35H2,1-2H3/b14-13-,27-23-/t36-,37?/m1/s1. The predicted octanol–water partition coefficient (Wildman–Crippen LogP) is 10.5. The molecule has 0 aliphatic heterocycles. The van der Waals surface area contributed by atoms with E-state index in [1.54, 1.807) is 0 Å². The Kier molecular flexibility index (Phi) is 33.9. The molecule has 0 aliphatic carbocycles. The first-order chi connectivity index (χ1) is 22.0. The van der Waals surface area contributed by atoms with Crippen molar-refractivity contribution >= 4 is 11.9 Å². The van der Waals surface area contributed by atoms with Gasteiger partial charge in [0, 0.05) is 12.8 Å². The molecule has 45 heavy (non-hydrogen) atoms. The minimum atomic E-state index is -0.792. The third-order valence-electron chi connectivity index (χ3n) is 8.29. The second kappa shape index (κ2) is 35.2. The van der Waals surface area contributed by atoms with Crippen molar-refractivity contribution in [3.63, 3.8) is 0 Å². The highest BCUT2D eigenvalue weighted by Crippen LogP contribution is 2.13. The van der Waals surface area contributed by atoms with Crippen molar-refractivity contribution < 1.29 is 29.3 Å². The smallest absolute Gasteiger partial charge is 0.306 e. The van der Waals surface area contributed by atoms with Gasteiger partial charge in [-0.25, -0.2) is 0 Å². The number of carbonyl (C=O) groups is 2. The number of hydrogen-bond donors (Lipinski definition) is 2. The first kappa shape index (κ1) is 43.3. The fraction of sp³-hybridized carbons (Fsp3) is 0.846. The Morgan fingerprint density at radius 2 is 1.02 bits per heavy atom. The van der Waals surface area contributed by atoms with Gasteiger partial charge in [0.2, 0.25) is 0 Å². The number of allylic oxidation sites excluding steroid dienone is 3. The van der Waals surface area contributed by atoms with Crippen LogP contribution in [0.15, 0.2) is 24.3 Å². The van der Waals surface area contributed by atoms with Gasteiger partial charge in [0.15, 0.2) is 6.10 Å². The van der Waals surface area contributed by atoms with E-state index >= 15 is 0 Å². The molecule has 2 atom stereocenters. The summed E-state index contributed by atoms with van der Waals surface area (Å²) in [6.07, 6.45) is 36.9. The van der Waals surface area contributed by atoms with Crippen LogP contribution in [0.3, 0.4) is 0 Å². The Hall–Kier alpha value is -1.66. The number of hydrogen-bond acceptors (Lipinski definition) is 6. The van der Waals surface area contributed by atoms with Crippen LogP contribution in [-0.2, 0) is 19.1 Å². The number of unbranched alkanes of at least 4 members (excludes halogenated alkanes) is 19. The van der Waals surface area contributed by atoms with Gasteiger partial charge >= 0.3 is 11.9 Å². The van der Waals surface area contributed by atoms with E-state index in [1.165, 1.54) is 77.0 Å². The molecule has 0 fully saturated rings. The van der Waals surface area contributed by atoms with Crippen LogP contribution in [0.25, 0.3) is 0 Å². The van der Waals surface area contributed by atoms with E-state index in [-0.39, 0.29) is 31.3 Å². The number of aliphatic hydroxyl groups excluding tert-OH is 2. The van der Waals surface area contributed by atoms with Crippen molar-refractivity contribution in [2.75, 3.05) is 13.2 Å². The average Bonchev–Trinajstić information content (AvgIpc) is 3.04. The van der Waals surface area contributed by atoms with E-state index in [0.717, 1.165) is 83.5 Å². The molecule has 0 bridgehead atoms. The molecule has 0 spiro atoms. The first-order valence-electron chi connectivity index (χ1n) is 19.0. The molecule has 0 aromatic rings. The van der Waals surface area contributed by atoms with Crippen molar-refractivity contribution in [1.82, 2.24) is 0 Å². The van der Waals surface area contributed by atoms with Crippen LogP contribution in [0.4, 0.5) is 0 Å². The molecule has 0 heterocycles. The Balaban J connectivity index is 3.63. The van der Waals surface area contributed by atoms with Gasteiger partial charge in [-0.2, -0.15) is 0 Å². The number of ether oxygens (including phenoxy) is 2. The minimum absolute atomic E-state index is 0.0901. The predicted molar refractivity (Wildman–Crippen MR) is 188 cm³/mol. The fourth-order valence-corrected chi connectivity index (χ4v) is 5.32. The number of carbonyl (C=O) groups excluding carboxylic acids is 2. The zero-order valence-corrected chi connectivity index (χ0v) is 29.5. The molecular formula is C39H72O6. The molecular weight excluding hydrogens is 564 g/mol. The van der Waals surface area contributed by atoms with Crippen molar-refractivity contribution in [3.05, 3.63) is 24.3 Å². The summed E-state index contributed by atoms with van der Waals surface area (Å²) >= 11 is 0. The van der Waals surface area contributed by atoms with Crippen LogP contribution in [0, 0.1) is 0 Å². The van der Waals surface area contributed by atoms with E-state index < -0.39 is 6.10 Å². The molecule has 0 amide bonds. The van der Waals surface area contributed by atoms with Crippen molar-refractivity contribution in [3.8, 4) is 0 Å². The molecule has 2 N–H and O–H groups in total. The van der Waals surface area contributed by atoms with Gasteiger partial charge < -0.3 is 19.7 Å². The van der Waals surface area contributed by atoms with E-state index in [4.69, 9.17) is 9.47 Å². The van der Waals surface area contributed by atoms with Gasteiger partial charge in [0.25, 0.3) is 0 Å². The van der Waals surface area contributed by atoms with Crippen LogP contribution in [0.5, 0.6) is 0 Å². The van der Waals surface area contributed by atoms with Crippen LogP contribution >= 0.6 is 0 Å². The summed E-state index contributed by atoms with van der Waals surface area (Å²) in [4.78, 5) is 24.2. The summed E-state index contributed by atoms with van der Waals surface area (Å²) in [5.41, 5.74) is 0. The molecule has 0 aromatic heterocycles. The lowest BCUT2D eigenvalue weighted by atomic mass is 10.1. The summed E-state index contributed by atoms with van der Waals surface area (Å²) in [7, 11) is 0. The van der Waals surface area contributed by atoms with Crippen LogP contribution < -0.4 is 0 Å². The van der Waals surface area contributed by atoms with E-state index in [1.807, 2.05) is 0 Å². The second-order valence-corrected chi connectivity index (χ2v) is 12.8. The number of aliphatic hydroxyl groups is 2. The molecule has 0 radical (unpaired) electrons. The largest absolute Gasteiger partial charge is 0.462 e. The summed E-state index contributed by atoms with van der Waals surface area (Å²) in [5, 5.41) is 19.5. The molecule has 0 rings (SSSR count). The van der Waals surface area contributed by atoms with Gasteiger partial charge in [-0.3, -0.25) is 9.59 Å². The topological polar surface area (TPSA) is 93.1 Å². The number of esters is 2. The van der Waals surface area contributed by atoms with Gasteiger partial charge in [-0.15, -0.1) is 0 Å². The highest BCUT2D eigenvalue weighted by molar-refractivity contribution is 5.70. The maximum absolute atomic E-state index is 12.1. The van der Waals surface area contributed by atoms with Gasteiger partial charge in [-0.05, 0) is 64.2 Å². The fourth-order valence-electron chi connectivity index (χ4n) is 5.32. The van der Waals surface area contributed by atoms with Gasteiger partial charge in [0.05, 0.1) is 12.7 Å². The molecule has 0 aliphatic rings. The van der Waals surface area contributed by atoms with Crippen molar-refractivity contribution in [1.29, 1.82) is 0 Å². The molecule has 0 aromatic carbocycles. The minimum Gasteiger partial charge on any atom is -0.462 e. The molecule has 0 saturated heterocycles. The van der Waals surface area contributed by atoms with Crippen LogP contribution in [0.1, 0.15) is 187 Å². The maximum Gasteiger partial charge on any atom is 0.306 e. The highest BCUT2D eigenvalue weighted by atomic mass is 16.6. The second-order valence-electron chi connectivity index (χ2n) is 12.8. The summed E-state index contributed by atoms with van der Waals surface area (Å²) in [6, 6.07) is 0. The van der Waals surface area contributed by atoms with E-state index in [0.29, 0.717) is 12.8 Å². The Morgan fingerprint density at radius 1 is 0.578 bits per heavy atom. The van der Waals surface area contributed by atoms with Gasteiger partial charge in [-0.1, -0.05) is 134 Å². The molecule has 264 valence electrons. The quantitative estimate of drug-likeness (QED) is 0.0415. The third kappa shape index (κ3) is 33.5. The van der Waals surface area contributed by atoms with E-state index in [2.05, 4.69) is 38.2 Å². The van der Waals surface area contributed by atoms with E-state index in [9.17, 15) is 19.8 Å². The zero-order chi connectivity index (χ0) is 33.1.